The largest absolute Gasteiger partial charge is 0.365 e. The fraction of sp³-hybridized carbons (Fsp3) is 0.333. The smallest absolute Gasteiger partial charge is 0.252 e. The van der Waals surface area contributed by atoms with Crippen molar-refractivity contribution in [3.8, 4) is 0 Å². The van der Waals surface area contributed by atoms with Crippen LogP contribution in [0.5, 0.6) is 0 Å². The summed E-state index contributed by atoms with van der Waals surface area (Å²) in [6, 6.07) is 7.80. The molecule has 3 rings (SSSR count). The van der Waals surface area contributed by atoms with Gasteiger partial charge >= 0.3 is 0 Å². The standard InChI is InChI=1S/C18H21ClFN5O/c19-10-5-7-11(8-6-10)23-17-12(16(22)26)9-13(20)18(25-17)24-15-4-2-1-3-14(15)21/h5-9,14-15H,1-4,21H2,(H2,22,26)(H2,23,24,25)/t14-,15+/m0/s1. The van der Waals surface area contributed by atoms with Crippen LogP contribution in [0.4, 0.5) is 21.7 Å². The van der Waals surface area contributed by atoms with E-state index in [-0.39, 0.29) is 29.3 Å². The normalized spacial score (nSPS) is 19.8. The highest BCUT2D eigenvalue weighted by Crippen LogP contribution is 2.27. The summed E-state index contributed by atoms with van der Waals surface area (Å²) in [6.07, 6.45) is 3.83. The third-order valence-corrected chi connectivity index (χ3v) is 4.74. The van der Waals surface area contributed by atoms with Crippen LogP contribution in [0.1, 0.15) is 36.0 Å². The fourth-order valence-corrected chi connectivity index (χ4v) is 3.18. The van der Waals surface area contributed by atoms with Crippen molar-refractivity contribution in [2.24, 2.45) is 11.5 Å². The van der Waals surface area contributed by atoms with Crippen LogP contribution in [0, 0.1) is 5.82 Å². The van der Waals surface area contributed by atoms with E-state index in [4.69, 9.17) is 23.1 Å². The number of rotatable bonds is 5. The van der Waals surface area contributed by atoms with Gasteiger partial charge in [-0.1, -0.05) is 24.4 Å². The van der Waals surface area contributed by atoms with Crippen LogP contribution in [-0.4, -0.2) is 23.0 Å². The Hall–Kier alpha value is -2.38. The van der Waals surface area contributed by atoms with Crippen molar-refractivity contribution in [3.63, 3.8) is 0 Å². The van der Waals surface area contributed by atoms with Gasteiger partial charge in [0.25, 0.3) is 5.91 Å². The Bertz CT molecular complexity index is 799. The maximum absolute atomic E-state index is 14.4. The van der Waals surface area contributed by atoms with Crippen LogP contribution in [0.15, 0.2) is 30.3 Å². The molecule has 26 heavy (non-hydrogen) atoms. The van der Waals surface area contributed by atoms with E-state index in [9.17, 15) is 9.18 Å². The number of hydrogen-bond acceptors (Lipinski definition) is 5. The van der Waals surface area contributed by atoms with E-state index in [2.05, 4.69) is 15.6 Å². The summed E-state index contributed by atoms with van der Waals surface area (Å²) >= 11 is 5.88. The molecule has 1 amide bonds. The molecule has 1 fully saturated rings. The van der Waals surface area contributed by atoms with Gasteiger partial charge < -0.3 is 22.1 Å². The van der Waals surface area contributed by atoms with E-state index in [1.54, 1.807) is 24.3 Å². The Morgan fingerprint density at radius 2 is 1.88 bits per heavy atom. The topological polar surface area (TPSA) is 106 Å². The van der Waals surface area contributed by atoms with Gasteiger partial charge in [-0.15, -0.1) is 0 Å². The molecule has 1 aliphatic rings. The Morgan fingerprint density at radius 3 is 2.54 bits per heavy atom. The number of pyridine rings is 1. The molecule has 0 radical (unpaired) electrons. The molecule has 0 bridgehead atoms. The van der Waals surface area contributed by atoms with Gasteiger partial charge in [-0.25, -0.2) is 9.37 Å². The van der Waals surface area contributed by atoms with Crippen molar-refractivity contribution in [3.05, 3.63) is 46.7 Å². The highest BCUT2D eigenvalue weighted by atomic mass is 35.5. The van der Waals surface area contributed by atoms with Crippen molar-refractivity contribution in [1.29, 1.82) is 0 Å². The Morgan fingerprint density at radius 1 is 1.19 bits per heavy atom. The first kappa shape index (κ1) is 18.4. The third-order valence-electron chi connectivity index (χ3n) is 4.49. The van der Waals surface area contributed by atoms with Gasteiger partial charge in [0.15, 0.2) is 11.6 Å². The van der Waals surface area contributed by atoms with E-state index in [0.717, 1.165) is 31.7 Å². The van der Waals surface area contributed by atoms with Crippen molar-refractivity contribution in [1.82, 2.24) is 4.98 Å². The predicted molar refractivity (Wildman–Crippen MR) is 101 cm³/mol. The molecule has 0 saturated heterocycles. The summed E-state index contributed by atoms with van der Waals surface area (Å²) in [4.78, 5) is 15.9. The molecular weight excluding hydrogens is 357 g/mol. The number of carbonyl (C=O) groups is 1. The minimum Gasteiger partial charge on any atom is -0.365 e. The molecule has 1 saturated carbocycles. The second kappa shape index (κ2) is 7.88. The second-order valence-corrected chi connectivity index (χ2v) is 6.85. The lowest BCUT2D eigenvalue weighted by Crippen LogP contribution is -2.43. The maximum Gasteiger partial charge on any atom is 0.252 e. The molecule has 1 aromatic carbocycles. The number of nitrogens with zero attached hydrogens (tertiary/aromatic N) is 1. The van der Waals surface area contributed by atoms with Gasteiger partial charge in [0.1, 0.15) is 5.82 Å². The third kappa shape index (κ3) is 4.23. The second-order valence-electron chi connectivity index (χ2n) is 6.41. The summed E-state index contributed by atoms with van der Waals surface area (Å²) in [6.45, 7) is 0. The fourth-order valence-electron chi connectivity index (χ4n) is 3.06. The minimum absolute atomic E-state index is 0.0315. The maximum atomic E-state index is 14.4. The molecule has 0 spiro atoms. The number of amides is 1. The van der Waals surface area contributed by atoms with Crippen LogP contribution in [0.3, 0.4) is 0 Å². The van der Waals surface area contributed by atoms with E-state index in [1.165, 1.54) is 0 Å². The molecule has 0 aliphatic heterocycles. The van der Waals surface area contributed by atoms with Gasteiger partial charge in [-0.05, 0) is 43.2 Å². The van der Waals surface area contributed by atoms with Gasteiger partial charge in [-0.2, -0.15) is 0 Å². The van der Waals surface area contributed by atoms with Crippen LogP contribution >= 0.6 is 11.6 Å². The van der Waals surface area contributed by atoms with E-state index in [0.29, 0.717) is 10.7 Å². The number of aromatic nitrogens is 1. The number of primary amides is 1. The van der Waals surface area contributed by atoms with Gasteiger partial charge in [0.2, 0.25) is 0 Å². The molecule has 0 unspecified atom stereocenters. The number of nitrogens with one attached hydrogen (secondary N) is 2. The highest BCUT2D eigenvalue weighted by molar-refractivity contribution is 6.30. The van der Waals surface area contributed by atoms with E-state index in [1.807, 2.05) is 0 Å². The van der Waals surface area contributed by atoms with Crippen molar-refractivity contribution in [2.75, 3.05) is 10.6 Å². The summed E-state index contributed by atoms with van der Waals surface area (Å²) in [5.41, 5.74) is 12.1. The average molecular weight is 378 g/mol. The summed E-state index contributed by atoms with van der Waals surface area (Å²) in [5.74, 6) is -1.19. The molecular formula is C18H21ClFN5O. The van der Waals surface area contributed by atoms with Crippen molar-refractivity contribution >= 4 is 34.8 Å². The zero-order valence-corrected chi connectivity index (χ0v) is 14.9. The Kier molecular flexibility index (Phi) is 5.58. The first-order valence-corrected chi connectivity index (χ1v) is 8.87. The Balaban J connectivity index is 1.90. The lowest BCUT2D eigenvalue weighted by Gasteiger charge is -2.30. The van der Waals surface area contributed by atoms with Crippen molar-refractivity contribution < 1.29 is 9.18 Å². The van der Waals surface area contributed by atoms with Crippen molar-refractivity contribution in [2.45, 2.75) is 37.8 Å². The molecule has 1 heterocycles. The summed E-state index contributed by atoms with van der Waals surface area (Å²) < 4.78 is 14.4. The predicted octanol–water partition coefficient (Wildman–Crippen LogP) is 3.40. The molecule has 2 atom stereocenters. The molecule has 6 N–H and O–H groups in total. The summed E-state index contributed by atoms with van der Waals surface area (Å²) in [5, 5.41) is 6.64. The zero-order chi connectivity index (χ0) is 18.7. The number of anilines is 3. The number of hydrogen-bond donors (Lipinski definition) is 4. The van der Waals surface area contributed by atoms with Crippen LogP contribution < -0.4 is 22.1 Å². The number of carbonyl (C=O) groups excluding carboxylic acids is 1. The number of halogens is 2. The highest BCUT2D eigenvalue weighted by Gasteiger charge is 2.24. The quantitative estimate of drug-likeness (QED) is 0.639. The lowest BCUT2D eigenvalue weighted by molar-refractivity contribution is 0.100. The molecule has 8 heteroatoms. The van der Waals surface area contributed by atoms with Gasteiger partial charge in [0.05, 0.1) is 5.56 Å². The molecule has 1 aliphatic carbocycles. The lowest BCUT2D eigenvalue weighted by atomic mass is 9.91. The Labute approximate surface area is 156 Å². The molecule has 138 valence electrons. The number of benzene rings is 1. The average Bonchev–Trinajstić information content (AvgIpc) is 2.61. The van der Waals surface area contributed by atoms with Crippen LogP contribution in [-0.2, 0) is 0 Å². The van der Waals surface area contributed by atoms with Gasteiger partial charge in [0, 0.05) is 22.8 Å². The minimum atomic E-state index is -0.770. The first-order valence-electron chi connectivity index (χ1n) is 8.49. The summed E-state index contributed by atoms with van der Waals surface area (Å²) in [7, 11) is 0. The number of nitrogens with two attached hydrogens (primary N) is 2. The monoisotopic (exact) mass is 377 g/mol. The zero-order valence-electron chi connectivity index (χ0n) is 14.1. The SMILES string of the molecule is NC(=O)c1cc(F)c(N[C@@H]2CCCC[C@@H]2N)nc1Nc1ccc(Cl)cc1. The van der Waals surface area contributed by atoms with Crippen LogP contribution in [0.2, 0.25) is 5.02 Å². The van der Waals surface area contributed by atoms with Gasteiger partial charge in [-0.3, -0.25) is 4.79 Å². The molecule has 1 aromatic heterocycles. The van der Waals surface area contributed by atoms with E-state index < -0.39 is 11.7 Å². The van der Waals surface area contributed by atoms with Crippen LogP contribution in [0.25, 0.3) is 0 Å². The molecule has 6 nitrogen and oxygen atoms in total. The first-order chi connectivity index (χ1) is 12.4. The molecule has 2 aromatic rings. The van der Waals surface area contributed by atoms with E-state index >= 15 is 0 Å².